The molecule has 15 heteroatoms. The van der Waals surface area contributed by atoms with Gasteiger partial charge in [-0.2, -0.15) is 18.4 Å². The van der Waals surface area contributed by atoms with E-state index in [1.165, 1.54) is 6.07 Å². The van der Waals surface area contributed by atoms with E-state index in [-0.39, 0.29) is 22.5 Å². The second-order valence-corrected chi connectivity index (χ2v) is 10.5. The van der Waals surface area contributed by atoms with Crippen molar-refractivity contribution in [2.24, 2.45) is 0 Å². The largest absolute Gasteiger partial charge is 0.465 e. The summed E-state index contributed by atoms with van der Waals surface area (Å²) in [6, 6.07) is 6.38. The lowest BCUT2D eigenvalue weighted by atomic mass is 10.1. The van der Waals surface area contributed by atoms with Crippen molar-refractivity contribution in [2.45, 2.75) is 17.7 Å². The van der Waals surface area contributed by atoms with Gasteiger partial charge in [-0.1, -0.05) is 6.07 Å². The summed E-state index contributed by atoms with van der Waals surface area (Å²) < 4.78 is 104. The van der Waals surface area contributed by atoms with Crippen molar-refractivity contribution in [1.82, 2.24) is 9.55 Å². The molecule has 0 spiro atoms. The van der Waals surface area contributed by atoms with Crippen LogP contribution in [0, 0.1) is 23.0 Å². The lowest BCUT2D eigenvalue weighted by molar-refractivity contribution is -0.137. The molecule has 0 unspecified atom stereocenters. The van der Waals surface area contributed by atoms with Gasteiger partial charge in [-0.25, -0.2) is 27.0 Å². The number of nitriles is 1. The normalized spacial score (nSPS) is 11.8. The van der Waals surface area contributed by atoms with Crippen LogP contribution < -0.4 is 5.56 Å². The van der Waals surface area contributed by atoms with Crippen molar-refractivity contribution in [2.75, 3.05) is 13.4 Å². The molecule has 9 nitrogen and oxygen atoms in total. The molecule has 4 rings (SSSR count). The number of methoxy groups -OCH3 is 1. The standard InChI is InChI=1S/C26H16F5N3O6S/c1-39-25(36)17-5-14(10-33-23(17)41(2,37)38)15-6-22(40-12-15)21-8-19(26(29,30)31)18(9-32)24(35)34(21)11-13-3-4-16(27)7-20(13)28/h3-8,10,12H,11H2,1-2H3. The lowest BCUT2D eigenvalue weighted by Crippen LogP contribution is -2.29. The second-order valence-electron chi connectivity index (χ2n) is 8.59. The first-order valence-corrected chi connectivity index (χ1v) is 13.1. The highest BCUT2D eigenvalue weighted by molar-refractivity contribution is 7.90. The molecule has 0 atom stereocenters. The molecule has 212 valence electrons. The number of pyridine rings is 2. The number of aromatic nitrogens is 2. The maximum atomic E-state index is 14.4. The molecule has 0 aliphatic carbocycles. The van der Waals surface area contributed by atoms with Crippen LogP contribution in [0.1, 0.15) is 27.0 Å². The van der Waals surface area contributed by atoms with E-state index in [1.807, 2.05) is 0 Å². The van der Waals surface area contributed by atoms with E-state index < -0.39 is 73.1 Å². The summed E-state index contributed by atoms with van der Waals surface area (Å²) in [7, 11) is -2.94. The highest BCUT2D eigenvalue weighted by atomic mass is 32.2. The Hall–Kier alpha value is -4.84. The SMILES string of the molecule is COC(=O)c1cc(-c2coc(-c3cc(C(F)(F)F)c(C#N)c(=O)n3Cc3ccc(F)cc3F)c2)cnc1S(C)(=O)=O. The molecule has 3 heterocycles. The number of benzene rings is 1. The maximum Gasteiger partial charge on any atom is 0.417 e. The minimum atomic E-state index is -5.13. The molecule has 0 saturated carbocycles. The summed E-state index contributed by atoms with van der Waals surface area (Å²) in [4.78, 5) is 29.1. The van der Waals surface area contributed by atoms with E-state index in [9.17, 15) is 45.2 Å². The van der Waals surface area contributed by atoms with Crippen LogP contribution in [0.2, 0.25) is 0 Å². The predicted molar refractivity (Wildman–Crippen MR) is 131 cm³/mol. The van der Waals surface area contributed by atoms with E-state index >= 15 is 0 Å². The lowest BCUT2D eigenvalue weighted by Gasteiger charge is -2.16. The Morgan fingerprint density at radius 2 is 1.85 bits per heavy atom. The van der Waals surface area contributed by atoms with Crippen molar-refractivity contribution in [3.63, 3.8) is 0 Å². The average molecular weight is 593 g/mol. The van der Waals surface area contributed by atoms with Gasteiger partial charge in [0.1, 0.15) is 23.3 Å². The zero-order valence-corrected chi connectivity index (χ0v) is 21.7. The van der Waals surface area contributed by atoms with Gasteiger partial charge < -0.3 is 9.15 Å². The number of hydrogen-bond donors (Lipinski definition) is 0. The smallest absolute Gasteiger partial charge is 0.417 e. The van der Waals surface area contributed by atoms with E-state index in [0.29, 0.717) is 16.7 Å². The number of carbonyl (C=O) groups is 1. The fourth-order valence-electron chi connectivity index (χ4n) is 3.94. The fourth-order valence-corrected chi connectivity index (χ4v) is 4.73. The van der Waals surface area contributed by atoms with Crippen LogP contribution in [0.15, 0.2) is 63.1 Å². The molecule has 0 aliphatic heterocycles. The van der Waals surface area contributed by atoms with Crippen molar-refractivity contribution < 1.29 is 44.3 Å². The number of ether oxygens (including phenoxy) is 1. The van der Waals surface area contributed by atoms with Gasteiger partial charge in [0.15, 0.2) is 20.6 Å². The number of halogens is 5. The Morgan fingerprint density at radius 3 is 2.44 bits per heavy atom. The zero-order chi connectivity index (χ0) is 30.3. The first-order valence-electron chi connectivity index (χ1n) is 11.2. The molecule has 4 aromatic rings. The Kier molecular flexibility index (Phi) is 7.55. The molecule has 0 amide bonds. The van der Waals surface area contributed by atoms with E-state index in [1.54, 1.807) is 0 Å². The van der Waals surface area contributed by atoms with E-state index in [0.717, 1.165) is 50.1 Å². The first-order chi connectivity index (χ1) is 19.1. The Bertz CT molecular complexity index is 1910. The number of rotatable bonds is 6. The molecule has 0 aliphatic rings. The number of hydrogen-bond acceptors (Lipinski definition) is 8. The number of furan rings is 1. The van der Waals surface area contributed by atoms with Gasteiger partial charge in [0.25, 0.3) is 5.56 Å². The summed E-state index contributed by atoms with van der Waals surface area (Å²) in [6.07, 6.45) is -2.20. The molecule has 3 aromatic heterocycles. The van der Waals surface area contributed by atoms with Crippen LogP contribution in [0.5, 0.6) is 0 Å². The number of nitrogens with zero attached hydrogens (tertiary/aromatic N) is 3. The van der Waals surface area contributed by atoms with Crippen LogP contribution in [-0.2, 0) is 27.3 Å². The molecule has 0 N–H and O–H groups in total. The quantitative estimate of drug-likeness (QED) is 0.235. The highest BCUT2D eigenvalue weighted by Gasteiger charge is 2.37. The maximum absolute atomic E-state index is 14.4. The first kappa shape index (κ1) is 29.2. The predicted octanol–water partition coefficient (Wildman–Crippen LogP) is 4.58. The molecular formula is C26H16F5N3O6S. The molecule has 0 fully saturated rings. The summed E-state index contributed by atoms with van der Waals surface area (Å²) in [6.45, 7) is -0.694. The monoisotopic (exact) mass is 593 g/mol. The molecule has 0 radical (unpaired) electrons. The van der Waals surface area contributed by atoms with Crippen LogP contribution >= 0.6 is 0 Å². The molecular weight excluding hydrogens is 577 g/mol. The zero-order valence-electron chi connectivity index (χ0n) is 20.9. The molecule has 0 bridgehead atoms. The van der Waals surface area contributed by atoms with Gasteiger partial charge in [-0.05, 0) is 24.3 Å². The number of esters is 1. The van der Waals surface area contributed by atoms with E-state index in [4.69, 9.17) is 4.42 Å². The second kappa shape index (κ2) is 10.6. The van der Waals surface area contributed by atoms with Gasteiger partial charge in [-0.3, -0.25) is 9.36 Å². The number of sulfone groups is 1. The van der Waals surface area contributed by atoms with Crippen LogP contribution in [0.4, 0.5) is 22.0 Å². The topological polar surface area (TPSA) is 132 Å². The number of alkyl halides is 3. The van der Waals surface area contributed by atoms with Crippen molar-refractivity contribution >= 4 is 15.8 Å². The summed E-state index contributed by atoms with van der Waals surface area (Å²) in [5.74, 6) is -3.39. The van der Waals surface area contributed by atoms with Crippen LogP contribution in [0.3, 0.4) is 0 Å². The number of carbonyl (C=O) groups excluding carboxylic acids is 1. The Labute approximate surface area is 228 Å². The highest BCUT2D eigenvalue weighted by Crippen LogP contribution is 2.36. The van der Waals surface area contributed by atoms with Gasteiger partial charge in [0.05, 0.1) is 36.7 Å². The summed E-state index contributed by atoms with van der Waals surface area (Å²) in [5.41, 5.74) is -5.24. The van der Waals surface area contributed by atoms with Gasteiger partial charge in [0, 0.05) is 35.2 Å². The van der Waals surface area contributed by atoms with Gasteiger partial charge in [0.2, 0.25) is 0 Å². The molecule has 41 heavy (non-hydrogen) atoms. The van der Waals surface area contributed by atoms with Crippen LogP contribution in [0.25, 0.3) is 22.6 Å². The minimum absolute atomic E-state index is 0.0935. The Morgan fingerprint density at radius 1 is 1.15 bits per heavy atom. The van der Waals surface area contributed by atoms with Gasteiger partial charge in [-0.15, -0.1) is 0 Å². The van der Waals surface area contributed by atoms with Crippen molar-refractivity contribution in [3.8, 4) is 28.7 Å². The third-order valence-corrected chi connectivity index (χ3v) is 6.88. The third-order valence-electron chi connectivity index (χ3n) is 5.85. The molecule has 1 aromatic carbocycles. The van der Waals surface area contributed by atoms with E-state index in [2.05, 4.69) is 9.72 Å². The van der Waals surface area contributed by atoms with Crippen molar-refractivity contribution in [1.29, 1.82) is 5.26 Å². The third kappa shape index (κ3) is 5.73. The van der Waals surface area contributed by atoms with Gasteiger partial charge >= 0.3 is 12.1 Å². The Balaban J connectivity index is 1.93. The fraction of sp³-hybridized carbons (Fsp3) is 0.154. The van der Waals surface area contributed by atoms with Crippen LogP contribution in [-0.4, -0.2) is 37.3 Å². The van der Waals surface area contributed by atoms with Crippen molar-refractivity contribution in [3.05, 3.63) is 93.1 Å². The average Bonchev–Trinajstić information content (AvgIpc) is 3.39. The summed E-state index contributed by atoms with van der Waals surface area (Å²) in [5, 5.41) is 8.76. The minimum Gasteiger partial charge on any atom is -0.465 e. The molecule has 0 saturated heterocycles. The summed E-state index contributed by atoms with van der Waals surface area (Å²) >= 11 is 0.